The van der Waals surface area contributed by atoms with Crippen LogP contribution in [0.25, 0.3) is 0 Å². The zero-order chi connectivity index (χ0) is 13.1. The number of carbonyl (C=O) groups is 1. The average Bonchev–Trinajstić information content (AvgIpc) is 2.53. The number of amides is 1. The van der Waals surface area contributed by atoms with Crippen LogP contribution in [0.5, 0.6) is 0 Å². The summed E-state index contributed by atoms with van der Waals surface area (Å²) in [5.74, 6) is -0.571. The summed E-state index contributed by atoms with van der Waals surface area (Å²) >= 11 is 0. The van der Waals surface area contributed by atoms with E-state index in [1.165, 1.54) is 6.07 Å². The Labute approximate surface area is 108 Å². The van der Waals surface area contributed by atoms with Crippen LogP contribution in [-0.4, -0.2) is 23.4 Å². The van der Waals surface area contributed by atoms with Crippen molar-refractivity contribution in [3.05, 3.63) is 35.1 Å². The molecule has 98 valence electrons. The third-order valence-corrected chi connectivity index (χ3v) is 3.67. The number of nitrogens with zero attached hydrogens (tertiary/aromatic N) is 1. The molecule has 2 nitrogen and oxygen atoms in total. The van der Waals surface area contributed by atoms with Crippen LogP contribution in [0.15, 0.2) is 18.2 Å². The van der Waals surface area contributed by atoms with E-state index in [0.29, 0.717) is 0 Å². The van der Waals surface area contributed by atoms with Gasteiger partial charge in [0.15, 0.2) is 0 Å². The van der Waals surface area contributed by atoms with Crippen molar-refractivity contribution in [3.8, 4) is 0 Å². The van der Waals surface area contributed by atoms with Crippen molar-refractivity contribution in [2.45, 2.75) is 45.6 Å². The first kappa shape index (κ1) is 13.1. The molecule has 0 bridgehead atoms. The zero-order valence-electron chi connectivity index (χ0n) is 11.1. The number of rotatable bonds is 1. The molecule has 0 saturated carbocycles. The summed E-state index contributed by atoms with van der Waals surface area (Å²) in [5.41, 5.74) is 1.04. The normalized spacial score (nSPS) is 20.6. The van der Waals surface area contributed by atoms with Gasteiger partial charge in [0.1, 0.15) is 5.82 Å². The molecule has 0 radical (unpaired) electrons. The Kier molecular flexibility index (Phi) is 4.00. The quantitative estimate of drug-likeness (QED) is 0.745. The van der Waals surface area contributed by atoms with E-state index in [9.17, 15) is 9.18 Å². The maximum absolute atomic E-state index is 13.8. The minimum Gasteiger partial charge on any atom is -0.336 e. The fourth-order valence-electron chi connectivity index (χ4n) is 2.52. The van der Waals surface area contributed by atoms with Crippen LogP contribution in [0.2, 0.25) is 0 Å². The zero-order valence-corrected chi connectivity index (χ0v) is 11.1. The van der Waals surface area contributed by atoms with E-state index in [1.807, 2.05) is 11.8 Å². The molecular weight excluding hydrogens is 229 g/mol. The van der Waals surface area contributed by atoms with Crippen molar-refractivity contribution < 1.29 is 9.18 Å². The van der Waals surface area contributed by atoms with E-state index >= 15 is 0 Å². The first-order valence-electron chi connectivity index (χ1n) is 6.66. The molecular formula is C15H20FNO. The number of hydrogen-bond donors (Lipinski definition) is 0. The minimum absolute atomic E-state index is 0.165. The van der Waals surface area contributed by atoms with E-state index in [-0.39, 0.29) is 17.5 Å². The van der Waals surface area contributed by atoms with Crippen LogP contribution in [0, 0.1) is 12.7 Å². The Morgan fingerprint density at radius 3 is 2.83 bits per heavy atom. The molecule has 3 heteroatoms. The van der Waals surface area contributed by atoms with E-state index in [2.05, 4.69) is 6.92 Å². The highest BCUT2D eigenvalue weighted by Crippen LogP contribution is 2.20. The summed E-state index contributed by atoms with van der Waals surface area (Å²) in [4.78, 5) is 14.2. The van der Waals surface area contributed by atoms with Crippen LogP contribution in [0.4, 0.5) is 4.39 Å². The third kappa shape index (κ3) is 2.71. The fraction of sp³-hybridized carbons (Fsp3) is 0.533. The van der Waals surface area contributed by atoms with Crippen LogP contribution < -0.4 is 0 Å². The molecule has 18 heavy (non-hydrogen) atoms. The first-order chi connectivity index (χ1) is 8.59. The van der Waals surface area contributed by atoms with Gasteiger partial charge in [0.25, 0.3) is 5.91 Å². The van der Waals surface area contributed by atoms with Gasteiger partial charge in [0.2, 0.25) is 0 Å². The summed E-state index contributed by atoms with van der Waals surface area (Å²) in [6.45, 7) is 4.62. The van der Waals surface area contributed by atoms with Gasteiger partial charge >= 0.3 is 0 Å². The summed E-state index contributed by atoms with van der Waals surface area (Å²) in [7, 11) is 0. The number of likely N-dealkylation sites (tertiary alicyclic amines) is 1. The van der Waals surface area contributed by atoms with E-state index in [4.69, 9.17) is 0 Å². The van der Waals surface area contributed by atoms with Gasteiger partial charge in [-0.15, -0.1) is 0 Å². The largest absolute Gasteiger partial charge is 0.336 e. The molecule has 0 aromatic heterocycles. The Balaban J connectivity index is 2.23. The van der Waals surface area contributed by atoms with Gasteiger partial charge in [0.05, 0.1) is 5.56 Å². The van der Waals surface area contributed by atoms with Crippen molar-refractivity contribution in [1.29, 1.82) is 0 Å². The Hall–Kier alpha value is -1.38. The lowest BCUT2D eigenvalue weighted by Gasteiger charge is -2.27. The summed E-state index contributed by atoms with van der Waals surface area (Å²) in [6, 6.07) is 5.03. The van der Waals surface area contributed by atoms with Gasteiger partial charge in [-0.1, -0.05) is 18.9 Å². The van der Waals surface area contributed by atoms with Crippen molar-refractivity contribution in [2.75, 3.05) is 6.54 Å². The van der Waals surface area contributed by atoms with Gasteiger partial charge in [-0.3, -0.25) is 4.79 Å². The third-order valence-electron chi connectivity index (χ3n) is 3.67. The number of carbonyl (C=O) groups excluding carboxylic acids is 1. The predicted molar refractivity (Wildman–Crippen MR) is 70.1 cm³/mol. The number of halogens is 1. The molecule has 1 fully saturated rings. The van der Waals surface area contributed by atoms with Gasteiger partial charge in [0, 0.05) is 12.6 Å². The topological polar surface area (TPSA) is 20.3 Å². The van der Waals surface area contributed by atoms with Crippen LogP contribution in [0.3, 0.4) is 0 Å². The molecule has 0 aliphatic carbocycles. The molecule has 1 aromatic rings. The van der Waals surface area contributed by atoms with Crippen molar-refractivity contribution in [1.82, 2.24) is 4.90 Å². The molecule has 1 amide bonds. The highest BCUT2D eigenvalue weighted by molar-refractivity contribution is 5.94. The van der Waals surface area contributed by atoms with E-state index in [1.54, 1.807) is 12.1 Å². The molecule has 1 saturated heterocycles. The van der Waals surface area contributed by atoms with Crippen LogP contribution in [-0.2, 0) is 0 Å². The van der Waals surface area contributed by atoms with Gasteiger partial charge in [-0.05, 0) is 44.4 Å². The van der Waals surface area contributed by atoms with E-state index in [0.717, 1.165) is 37.8 Å². The summed E-state index contributed by atoms with van der Waals surface area (Å²) < 4.78 is 13.8. The highest BCUT2D eigenvalue weighted by atomic mass is 19.1. The van der Waals surface area contributed by atoms with Gasteiger partial charge in [-0.2, -0.15) is 0 Å². The first-order valence-corrected chi connectivity index (χ1v) is 6.66. The lowest BCUT2D eigenvalue weighted by atomic mass is 10.1. The second-order valence-electron chi connectivity index (χ2n) is 5.18. The molecule has 1 unspecified atom stereocenters. The molecule has 1 aliphatic rings. The minimum atomic E-state index is -0.406. The second kappa shape index (κ2) is 5.51. The second-order valence-corrected chi connectivity index (χ2v) is 5.18. The molecule has 1 aliphatic heterocycles. The smallest absolute Gasteiger partial charge is 0.257 e. The van der Waals surface area contributed by atoms with Crippen LogP contribution >= 0.6 is 0 Å². The Bertz CT molecular complexity index is 444. The fourth-order valence-corrected chi connectivity index (χ4v) is 2.52. The maximum atomic E-state index is 13.8. The number of hydrogen-bond acceptors (Lipinski definition) is 1. The lowest BCUT2D eigenvalue weighted by Crippen LogP contribution is -2.38. The standard InChI is InChI=1S/C15H20FNO/c1-11-7-8-13(14(16)10-11)15(18)17-9-5-3-4-6-12(17)2/h7-8,10,12H,3-6,9H2,1-2H3. The van der Waals surface area contributed by atoms with Gasteiger partial charge in [-0.25, -0.2) is 4.39 Å². The van der Waals surface area contributed by atoms with Gasteiger partial charge < -0.3 is 4.90 Å². The highest BCUT2D eigenvalue weighted by Gasteiger charge is 2.24. The predicted octanol–water partition coefficient (Wildman–Crippen LogP) is 3.54. The monoisotopic (exact) mass is 249 g/mol. The SMILES string of the molecule is Cc1ccc(C(=O)N2CCCCCC2C)c(F)c1. The maximum Gasteiger partial charge on any atom is 0.257 e. The molecule has 1 heterocycles. The van der Waals surface area contributed by atoms with Crippen molar-refractivity contribution in [3.63, 3.8) is 0 Å². The molecule has 0 N–H and O–H groups in total. The van der Waals surface area contributed by atoms with E-state index < -0.39 is 5.82 Å². The van der Waals surface area contributed by atoms with Crippen LogP contribution in [0.1, 0.15) is 48.5 Å². The average molecular weight is 249 g/mol. The van der Waals surface area contributed by atoms with Crippen molar-refractivity contribution in [2.24, 2.45) is 0 Å². The Morgan fingerprint density at radius 1 is 1.33 bits per heavy atom. The molecule has 0 spiro atoms. The summed E-state index contributed by atoms with van der Waals surface area (Å²) in [5, 5.41) is 0. The molecule has 2 rings (SSSR count). The Morgan fingerprint density at radius 2 is 2.11 bits per heavy atom. The van der Waals surface area contributed by atoms with Crippen molar-refractivity contribution >= 4 is 5.91 Å². The molecule has 1 aromatic carbocycles. The molecule has 1 atom stereocenters. The lowest BCUT2D eigenvalue weighted by molar-refractivity contribution is 0.0693. The number of aryl methyl sites for hydroxylation is 1. The summed E-state index contributed by atoms with van der Waals surface area (Å²) in [6.07, 6.45) is 4.34. The number of benzene rings is 1.